The Bertz CT molecular complexity index is 794. The highest BCUT2D eigenvalue weighted by Crippen LogP contribution is 2.39. The fourth-order valence-electron chi connectivity index (χ4n) is 4.57. The molecule has 0 aliphatic carbocycles. The number of amides is 1. The van der Waals surface area contributed by atoms with Crippen LogP contribution in [0.4, 0.5) is 0 Å². The standard InChI is InChI=1S/C21H27N5O2/c1-28-19-13-23-18(12-24-19)20(27)26-11-5-8-21(16-26)7-4-10-25(15-21)14-17-6-2-3-9-22-17/h2-3,6,9,12-13H,4-5,7-8,10-11,14-16H2,1H3. The normalized spacial score (nSPS) is 23.0. The van der Waals surface area contributed by atoms with Crippen LogP contribution >= 0.6 is 0 Å². The van der Waals surface area contributed by atoms with E-state index in [1.807, 2.05) is 23.2 Å². The van der Waals surface area contributed by atoms with Gasteiger partial charge in [-0.25, -0.2) is 9.97 Å². The van der Waals surface area contributed by atoms with Crippen molar-refractivity contribution in [1.29, 1.82) is 0 Å². The molecule has 0 aromatic carbocycles. The molecule has 0 radical (unpaired) electrons. The highest BCUT2D eigenvalue weighted by atomic mass is 16.5. The third-order valence-electron chi connectivity index (χ3n) is 5.86. The highest BCUT2D eigenvalue weighted by molar-refractivity contribution is 5.92. The van der Waals surface area contributed by atoms with Gasteiger partial charge in [0.15, 0.2) is 0 Å². The van der Waals surface area contributed by atoms with Gasteiger partial charge in [-0.2, -0.15) is 0 Å². The number of methoxy groups -OCH3 is 1. The van der Waals surface area contributed by atoms with Crippen LogP contribution in [0.2, 0.25) is 0 Å². The molecule has 148 valence electrons. The van der Waals surface area contributed by atoms with Crippen molar-refractivity contribution < 1.29 is 9.53 Å². The summed E-state index contributed by atoms with van der Waals surface area (Å²) in [6.45, 7) is 4.56. The Morgan fingerprint density at radius 3 is 2.68 bits per heavy atom. The third kappa shape index (κ3) is 4.14. The summed E-state index contributed by atoms with van der Waals surface area (Å²) in [5.41, 5.74) is 1.66. The molecular formula is C21H27N5O2. The maximum absolute atomic E-state index is 13.0. The van der Waals surface area contributed by atoms with Gasteiger partial charge in [0.25, 0.3) is 5.91 Å². The fraction of sp³-hybridized carbons (Fsp3) is 0.524. The lowest BCUT2D eigenvalue weighted by atomic mass is 9.73. The van der Waals surface area contributed by atoms with Gasteiger partial charge in [0, 0.05) is 37.8 Å². The molecule has 2 fully saturated rings. The molecule has 0 bridgehead atoms. The number of pyridine rings is 1. The first-order valence-electron chi connectivity index (χ1n) is 9.95. The Morgan fingerprint density at radius 2 is 1.96 bits per heavy atom. The number of piperidine rings is 2. The van der Waals surface area contributed by atoms with Crippen molar-refractivity contribution in [2.24, 2.45) is 5.41 Å². The van der Waals surface area contributed by atoms with E-state index >= 15 is 0 Å². The zero-order valence-corrected chi connectivity index (χ0v) is 16.4. The largest absolute Gasteiger partial charge is 0.480 e. The smallest absolute Gasteiger partial charge is 0.274 e. The summed E-state index contributed by atoms with van der Waals surface area (Å²) in [5, 5.41) is 0. The molecule has 4 rings (SSSR count). The molecule has 2 aliphatic heterocycles. The predicted molar refractivity (Wildman–Crippen MR) is 105 cm³/mol. The summed E-state index contributed by atoms with van der Waals surface area (Å²) in [6.07, 6.45) is 9.41. The van der Waals surface area contributed by atoms with Crippen LogP contribution in [-0.2, 0) is 6.54 Å². The van der Waals surface area contributed by atoms with E-state index in [0.29, 0.717) is 11.6 Å². The molecular weight excluding hydrogens is 354 g/mol. The summed E-state index contributed by atoms with van der Waals surface area (Å²) in [6, 6.07) is 6.08. The van der Waals surface area contributed by atoms with E-state index in [9.17, 15) is 4.79 Å². The third-order valence-corrected chi connectivity index (χ3v) is 5.86. The first kappa shape index (κ1) is 18.8. The number of rotatable bonds is 4. The molecule has 7 nitrogen and oxygen atoms in total. The molecule has 4 heterocycles. The van der Waals surface area contributed by atoms with E-state index < -0.39 is 0 Å². The van der Waals surface area contributed by atoms with Gasteiger partial charge >= 0.3 is 0 Å². The van der Waals surface area contributed by atoms with Crippen molar-refractivity contribution >= 4 is 5.91 Å². The van der Waals surface area contributed by atoms with Crippen molar-refractivity contribution in [3.63, 3.8) is 0 Å². The zero-order valence-electron chi connectivity index (χ0n) is 16.4. The molecule has 1 atom stereocenters. The first-order chi connectivity index (χ1) is 13.7. The van der Waals surface area contributed by atoms with Crippen LogP contribution in [0.1, 0.15) is 41.9 Å². The van der Waals surface area contributed by atoms with Gasteiger partial charge in [-0.15, -0.1) is 0 Å². The average Bonchev–Trinajstić information content (AvgIpc) is 2.74. The second-order valence-corrected chi connectivity index (χ2v) is 7.91. The minimum atomic E-state index is -0.0314. The number of nitrogens with zero attached hydrogens (tertiary/aromatic N) is 5. The fourth-order valence-corrected chi connectivity index (χ4v) is 4.57. The molecule has 1 unspecified atom stereocenters. The monoisotopic (exact) mass is 381 g/mol. The maximum atomic E-state index is 13.0. The summed E-state index contributed by atoms with van der Waals surface area (Å²) < 4.78 is 5.04. The molecule has 7 heteroatoms. The van der Waals surface area contributed by atoms with Crippen molar-refractivity contribution in [3.8, 4) is 5.88 Å². The average molecular weight is 381 g/mol. The second-order valence-electron chi connectivity index (χ2n) is 7.91. The lowest BCUT2D eigenvalue weighted by Crippen LogP contribution is -2.53. The van der Waals surface area contributed by atoms with Gasteiger partial charge in [-0.1, -0.05) is 6.07 Å². The summed E-state index contributed by atoms with van der Waals surface area (Å²) in [4.78, 5) is 30.2. The van der Waals surface area contributed by atoms with Gasteiger partial charge in [0.2, 0.25) is 5.88 Å². The van der Waals surface area contributed by atoms with Gasteiger partial charge in [-0.3, -0.25) is 14.7 Å². The molecule has 2 saturated heterocycles. The van der Waals surface area contributed by atoms with Crippen molar-refractivity contribution in [1.82, 2.24) is 24.8 Å². The molecule has 0 N–H and O–H groups in total. The Kier molecular flexibility index (Phi) is 5.52. The molecule has 2 aromatic rings. The molecule has 0 saturated carbocycles. The van der Waals surface area contributed by atoms with E-state index in [1.54, 1.807) is 7.11 Å². The van der Waals surface area contributed by atoms with Crippen LogP contribution < -0.4 is 4.74 Å². The van der Waals surface area contributed by atoms with Crippen LogP contribution in [-0.4, -0.2) is 63.9 Å². The van der Waals surface area contributed by atoms with Gasteiger partial charge in [0.1, 0.15) is 5.69 Å². The van der Waals surface area contributed by atoms with E-state index in [1.165, 1.54) is 25.2 Å². The van der Waals surface area contributed by atoms with Gasteiger partial charge in [0.05, 0.1) is 25.2 Å². The Balaban J connectivity index is 1.43. The van der Waals surface area contributed by atoms with Crippen molar-refractivity contribution in [2.75, 3.05) is 33.3 Å². The van der Waals surface area contributed by atoms with E-state index in [4.69, 9.17) is 4.74 Å². The van der Waals surface area contributed by atoms with Crippen LogP contribution in [0.3, 0.4) is 0 Å². The zero-order chi connectivity index (χ0) is 19.4. The SMILES string of the molecule is COc1cnc(C(=O)N2CCCC3(CCCN(Cc4ccccn4)C3)C2)cn1. The molecule has 1 amide bonds. The van der Waals surface area contributed by atoms with Crippen molar-refractivity contribution in [3.05, 3.63) is 48.2 Å². The Labute approximate surface area is 165 Å². The summed E-state index contributed by atoms with van der Waals surface area (Å²) in [7, 11) is 1.54. The maximum Gasteiger partial charge on any atom is 0.274 e. The van der Waals surface area contributed by atoms with Gasteiger partial charge < -0.3 is 9.64 Å². The van der Waals surface area contributed by atoms with Crippen LogP contribution in [0.15, 0.2) is 36.8 Å². The number of carbonyl (C=O) groups excluding carboxylic acids is 1. The lowest BCUT2D eigenvalue weighted by molar-refractivity contribution is 0.0107. The number of aromatic nitrogens is 3. The van der Waals surface area contributed by atoms with Gasteiger partial charge in [-0.05, 0) is 44.4 Å². The first-order valence-corrected chi connectivity index (χ1v) is 9.95. The quantitative estimate of drug-likeness (QED) is 0.810. The summed E-state index contributed by atoms with van der Waals surface area (Å²) >= 11 is 0. The minimum absolute atomic E-state index is 0.0314. The molecule has 2 aliphatic rings. The molecule has 1 spiro atoms. The van der Waals surface area contributed by atoms with E-state index in [2.05, 4.69) is 25.9 Å². The topological polar surface area (TPSA) is 71.5 Å². The number of hydrogen-bond acceptors (Lipinski definition) is 6. The van der Waals surface area contributed by atoms with E-state index in [-0.39, 0.29) is 11.3 Å². The summed E-state index contributed by atoms with van der Waals surface area (Å²) in [5.74, 6) is 0.389. The van der Waals surface area contributed by atoms with Crippen LogP contribution in [0, 0.1) is 5.41 Å². The molecule has 2 aromatic heterocycles. The predicted octanol–water partition coefficient (Wildman–Crippen LogP) is 2.40. The van der Waals surface area contributed by atoms with Crippen LogP contribution in [0.25, 0.3) is 0 Å². The second kappa shape index (κ2) is 8.22. The Morgan fingerprint density at radius 1 is 1.11 bits per heavy atom. The lowest BCUT2D eigenvalue weighted by Gasteiger charge is -2.48. The Hall–Kier alpha value is -2.54. The van der Waals surface area contributed by atoms with Crippen molar-refractivity contribution in [2.45, 2.75) is 32.2 Å². The van der Waals surface area contributed by atoms with E-state index in [0.717, 1.165) is 51.3 Å². The highest BCUT2D eigenvalue weighted by Gasteiger charge is 2.40. The number of carbonyl (C=O) groups is 1. The number of hydrogen-bond donors (Lipinski definition) is 0. The van der Waals surface area contributed by atoms with Crippen LogP contribution in [0.5, 0.6) is 5.88 Å². The number of likely N-dealkylation sites (tertiary alicyclic amines) is 2. The molecule has 28 heavy (non-hydrogen) atoms. The number of ether oxygens (including phenoxy) is 1. The minimum Gasteiger partial charge on any atom is -0.480 e.